The third kappa shape index (κ3) is 2.77. The lowest BCUT2D eigenvalue weighted by Gasteiger charge is -2.11. The van der Waals surface area contributed by atoms with Crippen LogP contribution in [0.15, 0.2) is 48.5 Å². The number of aliphatic hydroxyl groups excluding tert-OH is 1. The molecule has 0 saturated heterocycles. The highest BCUT2D eigenvalue weighted by Gasteiger charge is 2.03. The van der Waals surface area contributed by atoms with Gasteiger partial charge in [0.25, 0.3) is 0 Å². The molecule has 0 atom stereocenters. The van der Waals surface area contributed by atoms with Crippen molar-refractivity contribution < 1.29 is 9.84 Å². The standard InChI is InChI=1S/C14H15NO2/c15-13-7-3-1-6-12(13)10-17-14-8-4-2-5-11(14)9-16/h1-8,16H,9-10,15H2. The number of hydrogen-bond donors (Lipinski definition) is 2. The van der Waals surface area contributed by atoms with Crippen LogP contribution in [0.25, 0.3) is 0 Å². The number of benzene rings is 2. The van der Waals surface area contributed by atoms with Gasteiger partial charge in [0.05, 0.1) is 6.61 Å². The first kappa shape index (κ1) is 11.5. The Morgan fingerprint density at radius 2 is 1.59 bits per heavy atom. The Bertz CT molecular complexity index is 497. The van der Waals surface area contributed by atoms with E-state index in [1.54, 1.807) is 0 Å². The Morgan fingerprint density at radius 1 is 0.941 bits per heavy atom. The predicted molar refractivity (Wildman–Crippen MR) is 67.6 cm³/mol. The second-order valence-electron chi connectivity index (χ2n) is 3.75. The van der Waals surface area contributed by atoms with Gasteiger partial charge < -0.3 is 15.6 Å². The summed E-state index contributed by atoms with van der Waals surface area (Å²) in [6, 6.07) is 15.0. The Balaban J connectivity index is 2.10. The molecule has 0 aliphatic carbocycles. The molecule has 0 amide bonds. The van der Waals surface area contributed by atoms with Crippen LogP contribution in [0, 0.1) is 0 Å². The number of para-hydroxylation sites is 2. The van der Waals surface area contributed by atoms with E-state index >= 15 is 0 Å². The molecule has 0 saturated carbocycles. The van der Waals surface area contributed by atoms with E-state index in [1.165, 1.54) is 0 Å². The molecular weight excluding hydrogens is 214 g/mol. The van der Waals surface area contributed by atoms with Gasteiger partial charge in [-0.3, -0.25) is 0 Å². The van der Waals surface area contributed by atoms with Gasteiger partial charge in [-0.1, -0.05) is 36.4 Å². The molecule has 3 N–H and O–H groups in total. The maximum Gasteiger partial charge on any atom is 0.125 e. The SMILES string of the molecule is Nc1ccccc1COc1ccccc1CO. The lowest BCUT2D eigenvalue weighted by Crippen LogP contribution is -2.01. The van der Waals surface area contributed by atoms with Gasteiger partial charge in [-0.25, -0.2) is 0 Å². The molecular formula is C14H15NO2. The van der Waals surface area contributed by atoms with Crippen molar-refractivity contribution in [3.63, 3.8) is 0 Å². The molecule has 88 valence electrons. The second-order valence-corrected chi connectivity index (χ2v) is 3.75. The molecule has 2 aromatic rings. The Labute approximate surface area is 100 Å². The molecule has 0 aliphatic rings. The van der Waals surface area contributed by atoms with E-state index in [-0.39, 0.29) is 6.61 Å². The minimum absolute atomic E-state index is 0.0273. The Morgan fingerprint density at radius 3 is 2.29 bits per heavy atom. The lowest BCUT2D eigenvalue weighted by molar-refractivity contribution is 0.259. The predicted octanol–water partition coefficient (Wildman–Crippen LogP) is 2.34. The van der Waals surface area contributed by atoms with Crippen LogP contribution in [0.4, 0.5) is 5.69 Å². The number of anilines is 1. The fraction of sp³-hybridized carbons (Fsp3) is 0.143. The van der Waals surface area contributed by atoms with E-state index in [4.69, 9.17) is 15.6 Å². The van der Waals surface area contributed by atoms with Gasteiger partial charge in [-0.05, 0) is 12.1 Å². The zero-order chi connectivity index (χ0) is 12.1. The molecule has 0 heterocycles. The van der Waals surface area contributed by atoms with E-state index < -0.39 is 0 Å². The summed E-state index contributed by atoms with van der Waals surface area (Å²) < 4.78 is 5.65. The van der Waals surface area contributed by atoms with Crippen molar-refractivity contribution in [1.82, 2.24) is 0 Å². The highest BCUT2D eigenvalue weighted by Crippen LogP contribution is 2.20. The fourth-order valence-corrected chi connectivity index (χ4v) is 1.60. The molecule has 0 spiro atoms. The van der Waals surface area contributed by atoms with Gasteiger partial charge in [-0.2, -0.15) is 0 Å². The monoisotopic (exact) mass is 229 g/mol. The molecule has 0 aliphatic heterocycles. The van der Waals surface area contributed by atoms with Gasteiger partial charge >= 0.3 is 0 Å². The first-order chi connectivity index (χ1) is 8.31. The van der Waals surface area contributed by atoms with Crippen molar-refractivity contribution in [3.05, 3.63) is 59.7 Å². The summed E-state index contributed by atoms with van der Waals surface area (Å²) in [5, 5.41) is 9.17. The van der Waals surface area contributed by atoms with Crippen LogP contribution >= 0.6 is 0 Å². The third-order valence-electron chi connectivity index (χ3n) is 2.58. The Hall–Kier alpha value is -2.00. The van der Waals surface area contributed by atoms with Crippen LogP contribution in [-0.2, 0) is 13.2 Å². The van der Waals surface area contributed by atoms with Crippen LogP contribution < -0.4 is 10.5 Å². The molecule has 2 rings (SSSR count). The normalized spacial score (nSPS) is 10.2. The van der Waals surface area contributed by atoms with Crippen molar-refractivity contribution in [3.8, 4) is 5.75 Å². The average molecular weight is 229 g/mol. The minimum atomic E-state index is -0.0273. The molecule has 0 aromatic heterocycles. The fourth-order valence-electron chi connectivity index (χ4n) is 1.60. The summed E-state index contributed by atoms with van der Waals surface area (Å²) in [6.07, 6.45) is 0. The summed E-state index contributed by atoms with van der Waals surface area (Å²) in [6.45, 7) is 0.379. The highest BCUT2D eigenvalue weighted by atomic mass is 16.5. The van der Waals surface area contributed by atoms with Crippen LogP contribution in [0.3, 0.4) is 0 Å². The number of rotatable bonds is 4. The van der Waals surface area contributed by atoms with Crippen molar-refractivity contribution >= 4 is 5.69 Å². The molecule has 2 aromatic carbocycles. The van der Waals surface area contributed by atoms with Crippen molar-refractivity contribution in [2.45, 2.75) is 13.2 Å². The summed E-state index contributed by atoms with van der Waals surface area (Å²) >= 11 is 0. The molecule has 0 unspecified atom stereocenters. The lowest BCUT2D eigenvalue weighted by atomic mass is 10.2. The van der Waals surface area contributed by atoms with Gasteiger partial charge in [0, 0.05) is 16.8 Å². The molecule has 0 radical (unpaired) electrons. The van der Waals surface area contributed by atoms with Gasteiger partial charge in [0.2, 0.25) is 0 Å². The van der Waals surface area contributed by atoms with Crippen LogP contribution in [0.5, 0.6) is 5.75 Å². The second kappa shape index (κ2) is 5.37. The van der Waals surface area contributed by atoms with E-state index in [0.29, 0.717) is 18.0 Å². The van der Waals surface area contributed by atoms with Gasteiger partial charge in [-0.15, -0.1) is 0 Å². The maximum atomic E-state index is 9.17. The molecule has 0 bridgehead atoms. The summed E-state index contributed by atoms with van der Waals surface area (Å²) in [5.74, 6) is 0.693. The molecule has 3 heteroatoms. The number of aliphatic hydroxyl groups is 1. The third-order valence-corrected chi connectivity index (χ3v) is 2.58. The topological polar surface area (TPSA) is 55.5 Å². The summed E-state index contributed by atoms with van der Waals surface area (Å²) in [5.41, 5.74) is 8.27. The molecule has 17 heavy (non-hydrogen) atoms. The van der Waals surface area contributed by atoms with Gasteiger partial charge in [0.15, 0.2) is 0 Å². The van der Waals surface area contributed by atoms with Gasteiger partial charge in [0.1, 0.15) is 12.4 Å². The average Bonchev–Trinajstić information content (AvgIpc) is 2.38. The summed E-state index contributed by atoms with van der Waals surface area (Å²) in [4.78, 5) is 0. The van der Waals surface area contributed by atoms with E-state index in [9.17, 15) is 0 Å². The van der Waals surface area contributed by atoms with E-state index in [0.717, 1.165) is 11.1 Å². The van der Waals surface area contributed by atoms with E-state index in [1.807, 2.05) is 48.5 Å². The van der Waals surface area contributed by atoms with Crippen LogP contribution in [0.1, 0.15) is 11.1 Å². The van der Waals surface area contributed by atoms with Crippen LogP contribution in [-0.4, -0.2) is 5.11 Å². The zero-order valence-corrected chi connectivity index (χ0v) is 9.47. The smallest absolute Gasteiger partial charge is 0.125 e. The van der Waals surface area contributed by atoms with E-state index in [2.05, 4.69) is 0 Å². The van der Waals surface area contributed by atoms with Crippen LogP contribution in [0.2, 0.25) is 0 Å². The zero-order valence-electron chi connectivity index (χ0n) is 9.47. The minimum Gasteiger partial charge on any atom is -0.488 e. The Kier molecular flexibility index (Phi) is 3.62. The highest BCUT2D eigenvalue weighted by molar-refractivity contribution is 5.46. The first-order valence-electron chi connectivity index (χ1n) is 5.46. The summed E-state index contributed by atoms with van der Waals surface area (Å²) in [7, 11) is 0. The quantitative estimate of drug-likeness (QED) is 0.791. The number of hydrogen-bond acceptors (Lipinski definition) is 3. The van der Waals surface area contributed by atoms with Crippen molar-refractivity contribution in [2.24, 2.45) is 0 Å². The van der Waals surface area contributed by atoms with Crippen molar-refractivity contribution in [1.29, 1.82) is 0 Å². The molecule has 0 fully saturated rings. The maximum absolute atomic E-state index is 9.17. The number of nitrogens with two attached hydrogens (primary N) is 1. The largest absolute Gasteiger partial charge is 0.488 e. The number of ether oxygens (including phenoxy) is 1. The first-order valence-corrected chi connectivity index (χ1v) is 5.46. The molecule has 3 nitrogen and oxygen atoms in total. The van der Waals surface area contributed by atoms with Crippen molar-refractivity contribution in [2.75, 3.05) is 5.73 Å². The number of nitrogen functional groups attached to an aromatic ring is 1.